The Hall–Kier alpha value is -5.44. The molecule has 0 saturated heterocycles. The van der Waals surface area contributed by atoms with E-state index in [0.717, 1.165) is 23.7 Å². The van der Waals surface area contributed by atoms with E-state index in [0.29, 0.717) is 0 Å². The Morgan fingerprint density at radius 3 is 1.87 bits per heavy atom. The first kappa shape index (κ1) is 31.0. The molecule has 0 amide bonds. The minimum absolute atomic E-state index is 0.168. The third kappa shape index (κ3) is 4.44. The molecule has 4 bridgehead atoms. The summed E-state index contributed by atoms with van der Waals surface area (Å²) < 4.78 is 2.69. The van der Waals surface area contributed by atoms with Crippen LogP contribution in [0.15, 0.2) is 164 Å². The Morgan fingerprint density at radius 1 is 0.426 bits per heavy atom. The average molecular weight is 712 g/mol. The summed E-state index contributed by atoms with van der Waals surface area (Å²) in [5.41, 5.74) is 14.8. The number of hydrogen-bond donors (Lipinski definition) is 0. The van der Waals surface area contributed by atoms with Crippen molar-refractivity contribution in [1.82, 2.24) is 0 Å². The van der Waals surface area contributed by atoms with Gasteiger partial charge in [-0.2, -0.15) is 0 Å². The summed E-state index contributed by atoms with van der Waals surface area (Å²) in [6.45, 7) is 0. The number of fused-ring (bicyclic) bond motifs is 6. The highest BCUT2D eigenvalue weighted by molar-refractivity contribution is 7.25. The van der Waals surface area contributed by atoms with Crippen molar-refractivity contribution in [3.63, 3.8) is 0 Å². The van der Waals surface area contributed by atoms with Crippen LogP contribution in [0, 0.1) is 23.7 Å². The lowest BCUT2D eigenvalue weighted by Gasteiger charge is -2.61. The van der Waals surface area contributed by atoms with Crippen LogP contribution in [0.25, 0.3) is 53.6 Å². The maximum absolute atomic E-state index is 2.56. The first-order chi connectivity index (χ1) is 26.7. The summed E-state index contributed by atoms with van der Waals surface area (Å²) in [7, 11) is 0. The monoisotopic (exact) mass is 711 g/mol. The standard InChI is InChI=1S/C52H41NS/c1-2-10-36(11-3-1)42-12-5-8-16-49(42)53(40-21-18-35(19-22-40)37-20-25-51-46(31-37)44-14-6-9-17-50(44)54-51)41-23-24-48-45(32-41)43-13-4-7-15-47(43)52(48)38-27-33-26-34(29-38)30-39(52)28-33/h1-25,31-34,38-39H,26-30H2. The fraction of sp³-hybridized carbons (Fsp3) is 0.192. The van der Waals surface area contributed by atoms with Gasteiger partial charge in [-0.3, -0.25) is 0 Å². The molecule has 260 valence electrons. The second-order valence-electron chi connectivity index (χ2n) is 16.5. The predicted molar refractivity (Wildman–Crippen MR) is 228 cm³/mol. The van der Waals surface area contributed by atoms with Crippen LogP contribution in [0.4, 0.5) is 17.1 Å². The molecule has 1 nitrogen and oxygen atoms in total. The highest BCUT2D eigenvalue weighted by Crippen LogP contribution is 2.69. The maximum atomic E-state index is 2.56. The van der Waals surface area contributed by atoms with Crippen LogP contribution in [-0.2, 0) is 5.41 Å². The molecule has 1 aromatic heterocycles. The number of benzene rings is 7. The Balaban J connectivity index is 1.02. The molecule has 1 heterocycles. The number of rotatable bonds is 5. The number of thiophene rings is 1. The molecule has 4 saturated carbocycles. The number of hydrogen-bond acceptors (Lipinski definition) is 2. The van der Waals surface area contributed by atoms with Crippen molar-refractivity contribution in [2.24, 2.45) is 23.7 Å². The number of anilines is 3. The molecule has 0 unspecified atom stereocenters. The van der Waals surface area contributed by atoms with Crippen LogP contribution >= 0.6 is 11.3 Å². The zero-order valence-electron chi connectivity index (χ0n) is 30.3. The van der Waals surface area contributed by atoms with Gasteiger partial charge in [0.25, 0.3) is 0 Å². The first-order valence-corrected chi connectivity index (χ1v) is 20.7. The molecular weight excluding hydrogens is 671 g/mol. The third-order valence-corrected chi connectivity index (χ3v) is 15.0. The van der Waals surface area contributed by atoms with Crippen molar-refractivity contribution < 1.29 is 0 Å². The minimum Gasteiger partial charge on any atom is -0.310 e. The zero-order valence-corrected chi connectivity index (χ0v) is 31.1. The molecule has 1 spiro atoms. The summed E-state index contributed by atoms with van der Waals surface area (Å²) in [5, 5.41) is 2.68. The van der Waals surface area contributed by atoms with Crippen LogP contribution in [0.3, 0.4) is 0 Å². The summed E-state index contributed by atoms with van der Waals surface area (Å²) in [6.07, 6.45) is 7.09. The first-order valence-electron chi connectivity index (χ1n) is 19.9. The lowest BCUT2D eigenvalue weighted by Crippen LogP contribution is -2.55. The zero-order chi connectivity index (χ0) is 35.4. The van der Waals surface area contributed by atoms with Crippen molar-refractivity contribution in [3.05, 3.63) is 175 Å². The van der Waals surface area contributed by atoms with Gasteiger partial charge in [0.1, 0.15) is 0 Å². The van der Waals surface area contributed by atoms with E-state index in [2.05, 4.69) is 169 Å². The largest absolute Gasteiger partial charge is 0.310 e. The number of nitrogens with zero attached hydrogens (tertiary/aromatic N) is 1. The van der Waals surface area contributed by atoms with Gasteiger partial charge in [-0.05, 0) is 143 Å². The van der Waals surface area contributed by atoms with Crippen LogP contribution in [-0.4, -0.2) is 0 Å². The van der Waals surface area contributed by atoms with Crippen molar-refractivity contribution in [2.75, 3.05) is 4.90 Å². The molecule has 2 heteroatoms. The molecule has 54 heavy (non-hydrogen) atoms. The summed E-state index contributed by atoms with van der Waals surface area (Å²) in [4.78, 5) is 2.51. The van der Waals surface area contributed by atoms with E-state index < -0.39 is 0 Å². The van der Waals surface area contributed by atoms with E-state index >= 15 is 0 Å². The van der Waals surface area contributed by atoms with Crippen molar-refractivity contribution in [3.8, 4) is 33.4 Å². The molecule has 8 aromatic rings. The molecular formula is C52H41NS. The lowest BCUT2D eigenvalue weighted by atomic mass is 9.43. The van der Waals surface area contributed by atoms with Gasteiger partial charge in [0.2, 0.25) is 0 Å². The third-order valence-electron chi connectivity index (χ3n) is 13.9. The van der Waals surface area contributed by atoms with Gasteiger partial charge in [0.05, 0.1) is 5.69 Å². The molecule has 4 fully saturated rings. The molecule has 0 atom stereocenters. The maximum Gasteiger partial charge on any atom is 0.0540 e. The van der Waals surface area contributed by atoms with Gasteiger partial charge in [-0.25, -0.2) is 0 Å². The van der Waals surface area contributed by atoms with Crippen LogP contribution in [0.1, 0.15) is 43.2 Å². The van der Waals surface area contributed by atoms with E-state index in [9.17, 15) is 0 Å². The van der Waals surface area contributed by atoms with E-state index in [-0.39, 0.29) is 5.41 Å². The van der Waals surface area contributed by atoms with Gasteiger partial charge >= 0.3 is 0 Å². The highest BCUT2D eigenvalue weighted by Gasteiger charge is 2.61. The minimum atomic E-state index is 0.168. The summed E-state index contributed by atoms with van der Waals surface area (Å²) >= 11 is 1.88. The summed E-state index contributed by atoms with van der Waals surface area (Å²) in [5.74, 6) is 3.40. The normalized spacial score (nSPS) is 23.3. The van der Waals surface area contributed by atoms with E-state index in [1.165, 1.54) is 103 Å². The van der Waals surface area contributed by atoms with Crippen LogP contribution in [0.5, 0.6) is 0 Å². The predicted octanol–water partition coefficient (Wildman–Crippen LogP) is 14.6. The second-order valence-corrected chi connectivity index (χ2v) is 17.6. The fourth-order valence-corrected chi connectivity index (χ4v) is 13.0. The fourth-order valence-electron chi connectivity index (χ4n) is 12.0. The summed E-state index contributed by atoms with van der Waals surface area (Å²) in [6, 6.07) is 61.9. The second kappa shape index (κ2) is 11.8. The Labute approximate surface area is 321 Å². The van der Waals surface area contributed by atoms with Crippen molar-refractivity contribution >= 4 is 48.6 Å². The van der Waals surface area contributed by atoms with Crippen LogP contribution < -0.4 is 4.90 Å². The van der Waals surface area contributed by atoms with Gasteiger partial charge in [0.15, 0.2) is 0 Å². The van der Waals surface area contributed by atoms with E-state index in [1.54, 1.807) is 11.1 Å². The molecule has 0 radical (unpaired) electrons. The van der Waals surface area contributed by atoms with Gasteiger partial charge in [-0.15, -0.1) is 11.3 Å². The molecule has 7 aromatic carbocycles. The molecule has 0 aliphatic heterocycles. The van der Waals surface area contributed by atoms with Crippen molar-refractivity contribution in [2.45, 2.75) is 37.5 Å². The molecule has 5 aliphatic rings. The topological polar surface area (TPSA) is 3.24 Å². The van der Waals surface area contributed by atoms with E-state index in [4.69, 9.17) is 0 Å². The Kier molecular flexibility index (Phi) is 6.75. The van der Waals surface area contributed by atoms with Crippen LogP contribution in [0.2, 0.25) is 0 Å². The average Bonchev–Trinajstić information content (AvgIpc) is 3.74. The number of para-hydroxylation sites is 1. The lowest BCUT2D eigenvalue weighted by molar-refractivity contribution is -0.0399. The quantitative estimate of drug-likeness (QED) is 0.172. The molecule has 5 aliphatic carbocycles. The smallest absolute Gasteiger partial charge is 0.0540 e. The highest BCUT2D eigenvalue weighted by atomic mass is 32.1. The van der Waals surface area contributed by atoms with E-state index in [1.807, 2.05) is 11.3 Å². The molecule has 13 rings (SSSR count). The SMILES string of the molecule is c1ccc(-c2ccccc2N(c2ccc(-c3ccc4sc5ccccc5c4c3)cc2)c2ccc3c(c2)-c2ccccc2C32C3CC4CC(C3)CC2C4)cc1. The van der Waals surface area contributed by atoms with Gasteiger partial charge in [-0.1, -0.05) is 115 Å². The Morgan fingerprint density at radius 2 is 1.06 bits per heavy atom. The molecule has 0 N–H and O–H groups in total. The van der Waals surface area contributed by atoms with Gasteiger partial charge < -0.3 is 4.90 Å². The Bertz CT molecular complexity index is 2710. The van der Waals surface area contributed by atoms with Crippen molar-refractivity contribution in [1.29, 1.82) is 0 Å². The van der Waals surface area contributed by atoms with Gasteiger partial charge in [0, 0.05) is 42.5 Å².